The Morgan fingerprint density at radius 3 is 2.43 bits per heavy atom. The molecule has 1 aliphatic carbocycles. The zero-order chi connectivity index (χ0) is 15.1. The first-order valence-electron chi connectivity index (χ1n) is 6.76. The summed E-state index contributed by atoms with van der Waals surface area (Å²) in [5.41, 5.74) is 1.97. The number of halogens is 2. The molecule has 2 aromatic rings. The summed E-state index contributed by atoms with van der Waals surface area (Å²) >= 11 is 0. The van der Waals surface area contributed by atoms with E-state index in [-0.39, 0.29) is 11.5 Å². The number of aryl methyl sites for hydroxylation is 1. The molecule has 0 aliphatic heterocycles. The first-order valence-corrected chi connectivity index (χ1v) is 6.76. The van der Waals surface area contributed by atoms with E-state index in [2.05, 4.69) is 0 Å². The van der Waals surface area contributed by atoms with Crippen LogP contribution in [0.25, 0.3) is 11.1 Å². The van der Waals surface area contributed by atoms with Crippen molar-refractivity contribution in [3.05, 3.63) is 59.2 Å². The van der Waals surface area contributed by atoms with E-state index in [0.29, 0.717) is 17.5 Å². The minimum absolute atomic E-state index is 0.0766. The van der Waals surface area contributed by atoms with Crippen molar-refractivity contribution in [2.45, 2.75) is 19.3 Å². The fourth-order valence-corrected chi connectivity index (χ4v) is 2.78. The number of hydrogen-bond donors (Lipinski definition) is 1. The van der Waals surface area contributed by atoms with E-state index in [1.165, 1.54) is 18.2 Å². The Bertz CT molecular complexity index is 704. The number of carboxylic acids is 1. The van der Waals surface area contributed by atoms with Gasteiger partial charge in [0.25, 0.3) is 0 Å². The van der Waals surface area contributed by atoms with Gasteiger partial charge in [-0.05, 0) is 42.5 Å². The van der Waals surface area contributed by atoms with Crippen molar-refractivity contribution in [1.82, 2.24) is 0 Å². The SMILES string of the molecule is Cc1ccc([C@@H]2C[C@H]2C(=O)O)c(-c2c(F)cccc2F)c1. The molecule has 0 radical (unpaired) electrons. The van der Waals surface area contributed by atoms with Crippen LogP contribution < -0.4 is 0 Å². The van der Waals surface area contributed by atoms with Gasteiger partial charge in [0.2, 0.25) is 0 Å². The van der Waals surface area contributed by atoms with Gasteiger partial charge in [-0.2, -0.15) is 0 Å². The highest BCUT2D eigenvalue weighted by molar-refractivity contribution is 5.78. The largest absolute Gasteiger partial charge is 0.481 e. The van der Waals surface area contributed by atoms with Crippen LogP contribution in [0, 0.1) is 24.5 Å². The Balaban J connectivity index is 2.14. The lowest BCUT2D eigenvalue weighted by molar-refractivity contribution is -0.138. The highest BCUT2D eigenvalue weighted by Gasteiger charge is 2.45. The third kappa shape index (κ3) is 2.42. The molecule has 1 fully saturated rings. The molecule has 0 amide bonds. The summed E-state index contributed by atoms with van der Waals surface area (Å²) in [7, 11) is 0. The molecule has 108 valence electrons. The second kappa shape index (κ2) is 4.95. The van der Waals surface area contributed by atoms with Crippen molar-refractivity contribution in [1.29, 1.82) is 0 Å². The Morgan fingerprint density at radius 2 is 1.86 bits per heavy atom. The van der Waals surface area contributed by atoms with Gasteiger partial charge in [0.05, 0.1) is 11.5 Å². The first-order chi connectivity index (χ1) is 9.99. The third-order valence-electron chi connectivity index (χ3n) is 3.95. The molecular formula is C17H14F2O2. The Hall–Kier alpha value is -2.23. The lowest BCUT2D eigenvalue weighted by atomic mass is 9.93. The predicted octanol–water partition coefficient (Wildman–Crippen LogP) is 4.13. The molecule has 0 heterocycles. The zero-order valence-corrected chi connectivity index (χ0v) is 11.4. The van der Waals surface area contributed by atoms with Crippen molar-refractivity contribution < 1.29 is 18.7 Å². The van der Waals surface area contributed by atoms with E-state index in [0.717, 1.165) is 5.56 Å². The number of benzene rings is 2. The summed E-state index contributed by atoms with van der Waals surface area (Å²) in [5, 5.41) is 9.06. The van der Waals surface area contributed by atoms with Gasteiger partial charge < -0.3 is 5.11 Å². The lowest BCUT2D eigenvalue weighted by Crippen LogP contribution is -2.01. The molecule has 3 rings (SSSR count). The van der Waals surface area contributed by atoms with Gasteiger partial charge in [0.1, 0.15) is 11.6 Å². The molecule has 2 aromatic carbocycles. The molecule has 0 bridgehead atoms. The summed E-state index contributed by atoms with van der Waals surface area (Å²) < 4.78 is 28.1. The fourth-order valence-electron chi connectivity index (χ4n) is 2.78. The number of hydrogen-bond acceptors (Lipinski definition) is 1. The molecule has 0 spiro atoms. The highest BCUT2D eigenvalue weighted by atomic mass is 19.1. The minimum Gasteiger partial charge on any atom is -0.481 e. The van der Waals surface area contributed by atoms with Crippen LogP contribution in [-0.4, -0.2) is 11.1 Å². The van der Waals surface area contributed by atoms with Crippen molar-refractivity contribution in [3.8, 4) is 11.1 Å². The van der Waals surface area contributed by atoms with Gasteiger partial charge >= 0.3 is 5.97 Å². The van der Waals surface area contributed by atoms with Gasteiger partial charge in [-0.3, -0.25) is 4.79 Å². The highest BCUT2D eigenvalue weighted by Crippen LogP contribution is 2.51. The number of carbonyl (C=O) groups is 1. The Kier molecular flexibility index (Phi) is 3.24. The van der Waals surface area contributed by atoms with E-state index in [1.807, 2.05) is 13.0 Å². The van der Waals surface area contributed by atoms with Gasteiger partial charge in [0, 0.05) is 0 Å². The molecule has 1 aliphatic rings. The van der Waals surface area contributed by atoms with Gasteiger partial charge in [-0.25, -0.2) is 8.78 Å². The van der Waals surface area contributed by atoms with Gasteiger partial charge in [-0.1, -0.05) is 29.8 Å². The first kappa shape index (κ1) is 13.7. The van der Waals surface area contributed by atoms with E-state index < -0.39 is 23.5 Å². The quantitative estimate of drug-likeness (QED) is 0.922. The van der Waals surface area contributed by atoms with E-state index in [1.54, 1.807) is 12.1 Å². The maximum atomic E-state index is 14.0. The fraction of sp³-hybridized carbons (Fsp3) is 0.235. The number of rotatable bonds is 3. The smallest absolute Gasteiger partial charge is 0.307 e. The third-order valence-corrected chi connectivity index (χ3v) is 3.95. The van der Waals surface area contributed by atoms with Crippen molar-refractivity contribution >= 4 is 5.97 Å². The summed E-state index contributed by atoms with van der Waals surface area (Å²) in [4.78, 5) is 11.0. The van der Waals surface area contributed by atoms with Crippen molar-refractivity contribution in [2.75, 3.05) is 0 Å². The second-order valence-electron chi connectivity index (χ2n) is 5.47. The Morgan fingerprint density at radius 1 is 1.19 bits per heavy atom. The van der Waals surface area contributed by atoms with Crippen LogP contribution >= 0.6 is 0 Å². The standard InChI is InChI=1S/C17H14F2O2/c1-9-5-6-10(11-8-13(11)17(20)21)12(7-9)16-14(18)3-2-4-15(16)19/h2-7,11,13H,8H2,1H3,(H,20,21)/t11-,13+/m0/s1. The number of aliphatic carboxylic acids is 1. The van der Waals surface area contributed by atoms with Crippen LogP contribution in [0.4, 0.5) is 8.78 Å². The molecule has 21 heavy (non-hydrogen) atoms. The Labute approximate surface area is 121 Å². The minimum atomic E-state index is -0.861. The monoisotopic (exact) mass is 288 g/mol. The van der Waals surface area contributed by atoms with Crippen LogP contribution in [-0.2, 0) is 4.79 Å². The van der Waals surface area contributed by atoms with Crippen LogP contribution in [0.15, 0.2) is 36.4 Å². The zero-order valence-electron chi connectivity index (χ0n) is 11.4. The van der Waals surface area contributed by atoms with E-state index >= 15 is 0 Å². The lowest BCUT2D eigenvalue weighted by Gasteiger charge is -2.12. The van der Waals surface area contributed by atoms with Crippen LogP contribution in [0.2, 0.25) is 0 Å². The van der Waals surface area contributed by atoms with E-state index in [9.17, 15) is 13.6 Å². The molecule has 4 heteroatoms. The van der Waals surface area contributed by atoms with Gasteiger partial charge in [0.15, 0.2) is 0 Å². The van der Waals surface area contributed by atoms with Crippen LogP contribution in [0.5, 0.6) is 0 Å². The molecule has 0 aromatic heterocycles. The van der Waals surface area contributed by atoms with E-state index in [4.69, 9.17) is 5.11 Å². The molecule has 0 saturated heterocycles. The molecule has 2 atom stereocenters. The summed E-state index contributed by atoms with van der Waals surface area (Å²) in [5.74, 6) is -2.75. The molecular weight excluding hydrogens is 274 g/mol. The summed E-state index contributed by atoms with van der Waals surface area (Å²) in [6.07, 6.45) is 0.515. The summed E-state index contributed by atoms with van der Waals surface area (Å²) in [6, 6.07) is 9.09. The van der Waals surface area contributed by atoms with Crippen molar-refractivity contribution in [3.63, 3.8) is 0 Å². The van der Waals surface area contributed by atoms with Crippen LogP contribution in [0.1, 0.15) is 23.5 Å². The maximum Gasteiger partial charge on any atom is 0.307 e. The normalized spacial score (nSPS) is 20.3. The van der Waals surface area contributed by atoms with Crippen molar-refractivity contribution in [2.24, 2.45) is 5.92 Å². The van der Waals surface area contributed by atoms with Crippen LogP contribution in [0.3, 0.4) is 0 Å². The molecule has 0 unspecified atom stereocenters. The predicted molar refractivity (Wildman–Crippen MR) is 75.0 cm³/mol. The maximum absolute atomic E-state index is 14.0. The topological polar surface area (TPSA) is 37.3 Å². The molecule has 1 saturated carbocycles. The molecule has 2 nitrogen and oxygen atoms in total. The molecule has 1 N–H and O–H groups in total. The van der Waals surface area contributed by atoms with Gasteiger partial charge in [-0.15, -0.1) is 0 Å². The summed E-state index contributed by atoms with van der Waals surface area (Å²) in [6.45, 7) is 1.84. The average molecular weight is 288 g/mol. The number of carboxylic acid groups (broad SMARTS) is 1. The second-order valence-corrected chi connectivity index (χ2v) is 5.47. The average Bonchev–Trinajstić information content (AvgIpc) is 3.19.